The van der Waals surface area contributed by atoms with Gasteiger partial charge in [0, 0.05) is 9.79 Å². The minimum absolute atomic E-state index is 0.513. The zero-order valence-corrected chi connectivity index (χ0v) is 17.3. The van der Waals surface area contributed by atoms with Gasteiger partial charge in [-0.1, -0.05) is 36.0 Å². The molecule has 0 saturated carbocycles. The van der Waals surface area contributed by atoms with Crippen LogP contribution in [0.15, 0.2) is 107 Å². The normalized spacial score (nSPS) is 10.3. The molecule has 4 nitrogen and oxygen atoms in total. The Hall–Kier alpha value is -3.83. The summed E-state index contributed by atoms with van der Waals surface area (Å²) >= 11 is 1.61. The van der Waals surface area contributed by atoms with Crippen LogP contribution >= 0.6 is 11.8 Å². The van der Waals surface area contributed by atoms with E-state index in [4.69, 9.17) is 9.47 Å². The van der Waals surface area contributed by atoms with Crippen molar-refractivity contribution in [3.05, 3.63) is 108 Å². The van der Waals surface area contributed by atoms with E-state index in [0.717, 1.165) is 22.4 Å². The summed E-state index contributed by atoms with van der Waals surface area (Å²) in [5.74, 6) is 2.39. The van der Waals surface area contributed by atoms with Gasteiger partial charge in [0.1, 0.15) is 23.0 Å². The number of carbonyl (C=O) groups is 2. The van der Waals surface area contributed by atoms with Gasteiger partial charge in [-0.25, -0.2) is 0 Å². The van der Waals surface area contributed by atoms with Crippen LogP contribution in [-0.4, -0.2) is 12.6 Å². The smallest absolute Gasteiger partial charge is 0.153 e. The molecule has 0 aromatic heterocycles. The maximum atomic E-state index is 11.1. The molecule has 4 rings (SSSR count). The molecule has 0 spiro atoms. The van der Waals surface area contributed by atoms with Crippen molar-refractivity contribution in [2.75, 3.05) is 0 Å². The first-order valence-corrected chi connectivity index (χ1v) is 10.4. The third-order valence-electron chi connectivity index (χ3n) is 4.43. The van der Waals surface area contributed by atoms with Gasteiger partial charge in [0.05, 0.1) is 11.1 Å². The molecule has 4 aromatic carbocycles. The quantitative estimate of drug-likeness (QED) is 0.283. The van der Waals surface area contributed by atoms with Gasteiger partial charge in [-0.3, -0.25) is 9.59 Å². The summed E-state index contributed by atoms with van der Waals surface area (Å²) in [4.78, 5) is 24.4. The van der Waals surface area contributed by atoms with Crippen molar-refractivity contribution in [1.29, 1.82) is 0 Å². The van der Waals surface area contributed by atoms with Gasteiger partial charge in [0.25, 0.3) is 0 Å². The molecule has 0 amide bonds. The van der Waals surface area contributed by atoms with E-state index in [1.165, 1.54) is 0 Å². The zero-order valence-electron chi connectivity index (χ0n) is 16.4. The van der Waals surface area contributed by atoms with Gasteiger partial charge < -0.3 is 9.47 Å². The van der Waals surface area contributed by atoms with Crippen LogP contribution in [0.3, 0.4) is 0 Å². The van der Waals surface area contributed by atoms with Crippen molar-refractivity contribution in [3.8, 4) is 23.0 Å². The minimum atomic E-state index is 0.513. The fraction of sp³-hybridized carbons (Fsp3) is 0. The van der Waals surface area contributed by atoms with E-state index in [1.54, 1.807) is 48.2 Å². The first-order chi connectivity index (χ1) is 15.2. The first-order valence-electron chi connectivity index (χ1n) is 9.57. The number of benzene rings is 4. The van der Waals surface area contributed by atoms with Crippen LogP contribution in [0.1, 0.15) is 20.7 Å². The number of aldehydes is 2. The summed E-state index contributed by atoms with van der Waals surface area (Å²) in [6.07, 6.45) is 1.56. The summed E-state index contributed by atoms with van der Waals surface area (Å²) < 4.78 is 11.6. The van der Waals surface area contributed by atoms with E-state index >= 15 is 0 Å². The van der Waals surface area contributed by atoms with Crippen LogP contribution in [-0.2, 0) is 0 Å². The Morgan fingerprint density at radius 1 is 0.516 bits per heavy atom. The highest BCUT2D eigenvalue weighted by molar-refractivity contribution is 7.99. The van der Waals surface area contributed by atoms with Crippen molar-refractivity contribution in [1.82, 2.24) is 0 Å². The van der Waals surface area contributed by atoms with E-state index in [2.05, 4.69) is 0 Å². The van der Waals surface area contributed by atoms with Gasteiger partial charge in [-0.2, -0.15) is 0 Å². The Morgan fingerprint density at radius 2 is 0.903 bits per heavy atom. The summed E-state index contributed by atoms with van der Waals surface area (Å²) in [6, 6.07) is 29.6. The molecule has 0 aliphatic heterocycles. The molecule has 5 heteroatoms. The van der Waals surface area contributed by atoms with Gasteiger partial charge in [0.2, 0.25) is 0 Å². The molecule has 0 bridgehead atoms. The lowest BCUT2D eigenvalue weighted by Gasteiger charge is -2.09. The van der Waals surface area contributed by atoms with Crippen LogP contribution in [0.25, 0.3) is 0 Å². The standard InChI is InChI=1S/C26H18O4S/c27-17-19-5-1-3-7-25(19)29-21-9-13-23(14-10-21)31-24-15-11-22(12-16-24)30-26-8-4-2-6-20(26)18-28/h1-18H. The Labute approximate surface area is 184 Å². The molecule has 0 saturated heterocycles. The molecular weight excluding hydrogens is 408 g/mol. The lowest BCUT2D eigenvalue weighted by Crippen LogP contribution is -1.90. The molecule has 0 radical (unpaired) electrons. The highest BCUT2D eigenvalue weighted by atomic mass is 32.2. The molecule has 0 aliphatic carbocycles. The van der Waals surface area contributed by atoms with Crippen molar-refractivity contribution >= 4 is 24.3 Å². The third-order valence-corrected chi connectivity index (χ3v) is 5.45. The first kappa shape index (κ1) is 20.4. The summed E-state index contributed by atoms with van der Waals surface area (Å²) in [7, 11) is 0. The molecule has 0 aliphatic rings. The van der Waals surface area contributed by atoms with E-state index in [9.17, 15) is 9.59 Å². The Bertz CT molecular complexity index is 1090. The SMILES string of the molecule is O=Cc1ccccc1Oc1ccc(Sc2ccc(Oc3ccccc3C=O)cc2)cc1. The van der Waals surface area contributed by atoms with Crippen LogP contribution in [0.2, 0.25) is 0 Å². The number of carbonyl (C=O) groups excluding carboxylic acids is 2. The number of hydrogen-bond acceptors (Lipinski definition) is 5. The Kier molecular flexibility index (Phi) is 6.45. The fourth-order valence-electron chi connectivity index (χ4n) is 2.88. The molecule has 0 atom stereocenters. The minimum Gasteiger partial charge on any atom is -0.457 e. The monoisotopic (exact) mass is 426 g/mol. The van der Waals surface area contributed by atoms with Gasteiger partial charge in [-0.15, -0.1) is 0 Å². The molecule has 152 valence electrons. The zero-order chi connectivity index (χ0) is 21.5. The lowest BCUT2D eigenvalue weighted by molar-refractivity contribution is 0.111. The molecule has 0 heterocycles. The number of rotatable bonds is 8. The molecule has 31 heavy (non-hydrogen) atoms. The highest BCUT2D eigenvalue weighted by Gasteiger charge is 2.06. The number of para-hydroxylation sites is 2. The maximum Gasteiger partial charge on any atom is 0.153 e. The lowest BCUT2D eigenvalue weighted by atomic mass is 10.2. The fourth-order valence-corrected chi connectivity index (χ4v) is 3.70. The highest BCUT2D eigenvalue weighted by Crippen LogP contribution is 2.33. The van der Waals surface area contributed by atoms with Crippen molar-refractivity contribution < 1.29 is 19.1 Å². The molecule has 0 N–H and O–H groups in total. The largest absolute Gasteiger partial charge is 0.457 e. The Balaban J connectivity index is 1.40. The third kappa shape index (κ3) is 5.21. The van der Waals surface area contributed by atoms with E-state index in [1.807, 2.05) is 60.7 Å². The summed E-state index contributed by atoms with van der Waals surface area (Å²) in [5.41, 5.74) is 1.03. The van der Waals surface area contributed by atoms with E-state index in [0.29, 0.717) is 34.1 Å². The molecule has 0 fully saturated rings. The second-order valence-electron chi connectivity index (χ2n) is 6.56. The average molecular weight is 426 g/mol. The summed E-state index contributed by atoms with van der Waals surface area (Å²) in [5, 5.41) is 0. The van der Waals surface area contributed by atoms with Gasteiger partial charge in [-0.05, 0) is 72.8 Å². The van der Waals surface area contributed by atoms with Crippen molar-refractivity contribution in [2.45, 2.75) is 9.79 Å². The van der Waals surface area contributed by atoms with Crippen LogP contribution in [0, 0.1) is 0 Å². The van der Waals surface area contributed by atoms with E-state index in [-0.39, 0.29) is 0 Å². The van der Waals surface area contributed by atoms with Gasteiger partial charge in [0.15, 0.2) is 12.6 Å². The van der Waals surface area contributed by atoms with Crippen molar-refractivity contribution in [2.24, 2.45) is 0 Å². The van der Waals surface area contributed by atoms with Crippen LogP contribution in [0.4, 0.5) is 0 Å². The van der Waals surface area contributed by atoms with Crippen LogP contribution < -0.4 is 9.47 Å². The Morgan fingerprint density at radius 3 is 1.29 bits per heavy atom. The second-order valence-corrected chi connectivity index (χ2v) is 7.71. The van der Waals surface area contributed by atoms with E-state index < -0.39 is 0 Å². The van der Waals surface area contributed by atoms with Crippen molar-refractivity contribution in [3.63, 3.8) is 0 Å². The van der Waals surface area contributed by atoms with Crippen LogP contribution in [0.5, 0.6) is 23.0 Å². The predicted octanol–water partition coefficient (Wildman–Crippen LogP) is 7.05. The molecule has 4 aromatic rings. The maximum absolute atomic E-state index is 11.1. The predicted molar refractivity (Wildman–Crippen MR) is 121 cm³/mol. The number of hydrogen-bond donors (Lipinski definition) is 0. The average Bonchev–Trinajstić information content (AvgIpc) is 2.82. The summed E-state index contributed by atoms with van der Waals surface area (Å²) in [6.45, 7) is 0. The molecule has 0 unspecified atom stereocenters. The topological polar surface area (TPSA) is 52.6 Å². The molecular formula is C26H18O4S. The number of ether oxygens (including phenoxy) is 2. The second kappa shape index (κ2) is 9.78. The van der Waals surface area contributed by atoms with Gasteiger partial charge >= 0.3 is 0 Å².